The summed E-state index contributed by atoms with van der Waals surface area (Å²) in [4.78, 5) is 2.56. The fraction of sp³-hybridized carbons (Fsp3) is 0.600. The lowest BCUT2D eigenvalue weighted by molar-refractivity contribution is 0.145. The molecule has 1 aliphatic rings. The van der Waals surface area contributed by atoms with Crippen molar-refractivity contribution in [3.05, 3.63) is 35.4 Å². The number of rotatable bonds is 5. The van der Waals surface area contributed by atoms with E-state index in [-0.39, 0.29) is 0 Å². The Labute approximate surface area is 105 Å². The van der Waals surface area contributed by atoms with Crippen LogP contribution in [0.4, 0.5) is 0 Å². The molecule has 0 amide bonds. The van der Waals surface area contributed by atoms with Gasteiger partial charge in [-0.3, -0.25) is 4.90 Å². The summed E-state index contributed by atoms with van der Waals surface area (Å²) >= 11 is 0. The van der Waals surface area contributed by atoms with Gasteiger partial charge in [0.25, 0.3) is 0 Å². The number of nitrogens with one attached hydrogen (secondary N) is 1. The second kappa shape index (κ2) is 5.65. The minimum Gasteiger partial charge on any atom is -0.314 e. The highest BCUT2D eigenvalue weighted by atomic mass is 15.2. The van der Waals surface area contributed by atoms with E-state index in [0.717, 1.165) is 32.2 Å². The van der Waals surface area contributed by atoms with Crippen molar-refractivity contribution in [1.82, 2.24) is 10.2 Å². The Hall–Kier alpha value is -0.860. The van der Waals surface area contributed by atoms with Crippen LogP contribution >= 0.6 is 0 Å². The zero-order valence-corrected chi connectivity index (χ0v) is 11.2. The normalized spacial score (nSPS) is 16.5. The van der Waals surface area contributed by atoms with Gasteiger partial charge in [-0.1, -0.05) is 45.0 Å². The predicted molar refractivity (Wildman–Crippen MR) is 73.3 cm³/mol. The molecule has 0 aromatic heterocycles. The minimum atomic E-state index is 0.627. The van der Waals surface area contributed by atoms with Crippen LogP contribution in [0.1, 0.15) is 37.8 Å². The average Bonchev–Trinajstić information content (AvgIpc) is 2.26. The molecule has 0 radical (unpaired) electrons. The average molecular weight is 232 g/mol. The van der Waals surface area contributed by atoms with E-state index in [1.54, 1.807) is 0 Å². The van der Waals surface area contributed by atoms with Gasteiger partial charge >= 0.3 is 0 Å². The van der Waals surface area contributed by atoms with Crippen LogP contribution < -0.4 is 5.32 Å². The second-order valence-corrected chi connectivity index (χ2v) is 5.27. The minimum absolute atomic E-state index is 0.627. The van der Waals surface area contributed by atoms with Crippen LogP contribution in [-0.4, -0.2) is 30.6 Å². The SMILES string of the molecule is CCN(Cc1ccc(C(C)C)cc1)C1CNC1. The second-order valence-electron chi connectivity index (χ2n) is 5.27. The standard InChI is InChI=1S/C15H24N2/c1-4-17(15-9-16-10-15)11-13-5-7-14(8-6-13)12(2)3/h5-8,12,15-16H,4,9-11H2,1-3H3. The molecule has 0 saturated carbocycles. The fourth-order valence-electron chi connectivity index (χ4n) is 2.27. The van der Waals surface area contributed by atoms with E-state index < -0.39 is 0 Å². The largest absolute Gasteiger partial charge is 0.314 e. The molecule has 1 aromatic carbocycles. The Kier molecular flexibility index (Phi) is 4.19. The van der Waals surface area contributed by atoms with Gasteiger partial charge in [0.2, 0.25) is 0 Å². The summed E-state index contributed by atoms with van der Waals surface area (Å²) in [5.74, 6) is 0.627. The van der Waals surface area contributed by atoms with Gasteiger partial charge in [-0.15, -0.1) is 0 Å². The van der Waals surface area contributed by atoms with E-state index >= 15 is 0 Å². The molecule has 2 rings (SSSR count). The van der Waals surface area contributed by atoms with Crippen molar-refractivity contribution in [2.24, 2.45) is 0 Å². The molecule has 1 N–H and O–H groups in total. The molecule has 1 heterocycles. The molecule has 2 heteroatoms. The Balaban J connectivity index is 1.97. The van der Waals surface area contributed by atoms with Crippen molar-refractivity contribution in [3.63, 3.8) is 0 Å². The summed E-state index contributed by atoms with van der Waals surface area (Å²) in [6.45, 7) is 11.3. The molecule has 17 heavy (non-hydrogen) atoms. The van der Waals surface area contributed by atoms with E-state index in [0.29, 0.717) is 5.92 Å². The Morgan fingerprint density at radius 3 is 2.29 bits per heavy atom. The van der Waals surface area contributed by atoms with Gasteiger partial charge in [0, 0.05) is 25.7 Å². The van der Waals surface area contributed by atoms with Crippen molar-refractivity contribution < 1.29 is 0 Å². The third-order valence-corrected chi connectivity index (χ3v) is 3.71. The first kappa shape index (κ1) is 12.6. The van der Waals surface area contributed by atoms with Crippen molar-refractivity contribution >= 4 is 0 Å². The molecule has 0 unspecified atom stereocenters. The monoisotopic (exact) mass is 232 g/mol. The first-order valence-electron chi connectivity index (χ1n) is 6.74. The predicted octanol–water partition coefficient (Wildman–Crippen LogP) is 2.60. The third kappa shape index (κ3) is 3.08. The van der Waals surface area contributed by atoms with Crippen LogP contribution in [0, 0.1) is 0 Å². The van der Waals surface area contributed by atoms with E-state index in [9.17, 15) is 0 Å². The van der Waals surface area contributed by atoms with Crippen molar-refractivity contribution in [3.8, 4) is 0 Å². The Bertz CT molecular complexity index is 338. The highest BCUT2D eigenvalue weighted by molar-refractivity contribution is 5.24. The van der Waals surface area contributed by atoms with Gasteiger partial charge in [-0.05, 0) is 23.6 Å². The third-order valence-electron chi connectivity index (χ3n) is 3.71. The Morgan fingerprint density at radius 2 is 1.88 bits per heavy atom. The van der Waals surface area contributed by atoms with Crippen LogP contribution in [0.25, 0.3) is 0 Å². The van der Waals surface area contributed by atoms with Crippen LogP contribution in [-0.2, 0) is 6.54 Å². The lowest BCUT2D eigenvalue weighted by Gasteiger charge is -2.37. The number of hydrogen-bond acceptors (Lipinski definition) is 2. The van der Waals surface area contributed by atoms with Gasteiger partial charge in [0.15, 0.2) is 0 Å². The van der Waals surface area contributed by atoms with Crippen LogP contribution in [0.5, 0.6) is 0 Å². The molecule has 2 nitrogen and oxygen atoms in total. The molecule has 94 valence electrons. The molecule has 0 atom stereocenters. The summed E-state index contributed by atoms with van der Waals surface area (Å²) in [6.07, 6.45) is 0. The zero-order chi connectivity index (χ0) is 12.3. The zero-order valence-electron chi connectivity index (χ0n) is 11.2. The summed E-state index contributed by atoms with van der Waals surface area (Å²) in [6, 6.07) is 9.85. The summed E-state index contributed by atoms with van der Waals surface area (Å²) < 4.78 is 0. The molecule has 1 aromatic rings. The fourth-order valence-corrected chi connectivity index (χ4v) is 2.27. The van der Waals surface area contributed by atoms with Crippen molar-refractivity contribution in [2.45, 2.75) is 39.3 Å². The lowest BCUT2D eigenvalue weighted by atomic mass is 10.0. The van der Waals surface area contributed by atoms with Gasteiger partial charge in [-0.2, -0.15) is 0 Å². The first-order chi connectivity index (χ1) is 8.20. The molecular formula is C15H24N2. The molecule has 0 bridgehead atoms. The maximum atomic E-state index is 3.34. The summed E-state index contributed by atoms with van der Waals surface area (Å²) in [5.41, 5.74) is 2.87. The smallest absolute Gasteiger partial charge is 0.0348 e. The van der Waals surface area contributed by atoms with Gasteiger partial charge in [-0.25, -0.2) is 0 Å². The topological polar surface area (TPSA) is 15.3 Å². The number of benzene rings is 1. The molecular weight excluding hydrogens is 208 g/mol. The van der Waals surface area contributed by atoms with E-state index in [4.69, 9.17) is 0 Å². The molecule has 1 fully saturated rings. The van der Waals surface area contributed by atoms with Crippen molar-refractivity contribution in [1.29, 1.82) is 0 Å². The number of nitrogens with zero attached hydrogens (tertiary/aromatic N) is 1. The molecule has 1 saturated heterocycles. The Morgan fingerprint density at radius 1 is 1.24 bits per heavy atom. The first-order valence-corrected chi connectivity index (χ1v) is 6.74. The highest BCUT2D eigenvalue weighted by Crippen LogP contribution is 2.16. The lowest BCUT2D eigenvalue weighted by Crippen LogP contribution is -2.56. The summed E-state index contributed by atoms with van der Waals surface area (Å²) in [5, 5.41) is 3.34. The van der Waals surface area contributed by atoms with E-state index in [1.807, 2.05) is 0 Å². The molecule has 0 aliphatic carbocycles. The maximum absolute atomic E-state index is 3.34. The van der Waals surface area contributed by atoms with Crippen LogP contribution in [0.3, 0.4) is 0 Å². The van der Waals surface area contributed by atoms with E-state index in [2.05, 4.69) is 55.3 Å². The van der Waals surface area contributed by atoms with Crippen LogP contribution in [0.15, 0.2) is 24.3 Å². The van der Waals surface area contributed by atoms with Gasteiger partial charge in [0.05, 0.1) is 0 Å². The quantitative estimate of drug-likeness (QED) is 0.839. The highest BCUT2D eigenvalue weighted by Gasteiger charge is 2.22. The van der Waals surface area contributed by atoms with Gasteiger partial charge < -0.3 is 5.32 Å². The van der Waals surface area contributed by atoms with Crippen LogP contribution in [0.2, 0.25) is 0 Å². The van der Waals surface area contributed by atoms with Gasteiger partial charge in [0.1, 0.15) is 0 Å². The molecule has 0 spiro atoms. The van der Waals surface area contributed by atoms with E-state index in [1.165, 1.54) is 11.1 Å². The molecule has 1 aliphatic heterocycles. The summed E-state index contributed by atoms with van der Waals surface area (Å²) in [7, 11) is 0. The number of likely N-dealkylation sites (N-methyl/N-ethyl adjacent to an activating group) is 1. The maximum Gasteiger partial charge on any atom is 0.0348 e. The van der Waals surface area contributed by atoms with Crippen molar-refractivity contribution in [2.75, 3.05) is 19.6 Å². The number of hydrogen-bond donors (Lipinski definition) is 1.